The second kappa shape index (κ2) is 7.99. The van der Waals surface area contributed by atoms with E-state index in [1.54, 1.807) is 18.2 Å². The topological polar surface area (TPSA) is 92.3 Å². The van der Waals surface area contributed by atoms with Crippen molar-refractivity contribution >= 4 is 38.7 Å². The van der Waals surface area contributed by atoms with Gasteiger partial charge >= 0.3 is 0 Å². The summed E-state index contributed by atoms with van der Waals surface area (Å²) in [6.07, 6.45) is 9.92. The molecule has 4 aliphatic carbocycles. The zero-order valence-corrected chi connectivity index (χ0v) is 20.7. The predicted molar refractivity (Wildman–Crippen MR) is 127 cm³/mol. The van der Waals surface area contributed by atoms with E-state index in [1.165, 1.54) is 42.8 Å². The van der Waals surface area contributed by atoms with E-state index < -0.39 is 16.1 Å². The Morgan fingerprint density at radius 3 is 2.52 bits per heavy atom. The van der Waals surface area contributed by atoms with Gasteiger partial charge in [-0.1, -0.05) is 12.5 Å². The molecule has 5 fully saturated rings. The second-order valence-electron chi connectivity index (χ2n) is 11.0. The number of sulfonamides is 1. The maximum absolute atomic E-state index is 13.7. The molecule has 1 amide bonds. The van der Waals surface area contributed by atoms with Crippen LogP contribution in [-0.2, 0) is 14.8 Å². The Morgan fingerprint density at radius 2 is 1.82 bits per heavy atom. The minimum atomic E-state index is -3.86. The highest BCUT2D eigenvalue weighted by Gasteiger charge is 2.53. The SMILES string of the molecule is C[C@@H](NC(=O)[C@@H]1CCCCN1S(=O)(=O)c1cccc2nsnc12)C12CC3CC(CC(C3)C1)C2. The molecule has 9 heteroatoms. The Hall–Kier alpha value is -1.58. The van der Waals surface area contributed by atoms with E-state index in [1.807, 2.05) is 0 Å². The Labute approximate surface area is 199 Å². The van der Waals surface area contributed by atoms with Crippen molar-refractivity contribution in [2.45, 2.75) is 81.7 Å². The summed E-state index contributed by atoms with van der Waals surface area (Å²) in [5.74, 6) is 2.31. The zero-order chi connectivity index (χ0) is 22.8. The molecule has 5 aliphatic rings. The van der Waals surface area contributed by atoms with Crippen molar-refractivity contribution in [2.24, 2.45) is 23.2 Å². The fourth-order valence-electron chi connectivity index (χ4n) is 7.74. The molecule has 178 valence electrons. The average molecular weight is 489 g/mol. The number of hydrogen-bond acceptors (Lipinski definition) is 6. The lowest BCUT2D eigenvalue weighted by Crippen LogP contribution is -2.59. The molecule has 1 aromatic carbocycles. The number of carbonyl (C=O) groups excluding carboxylic acids is 1. The summed E-state index contributed by atoms with van der Waals surface area (Å²) in [4.78, 5) is 13.7. The molecule has 33 heavy (non-hydrogen) atoms. The number of amides is 1. The molecule has 7 nitrogen and oxygen atoms in total. The summed E-state index contributed by atoms with van der Waals surface area (Å²) in [7, 11) is -3.86. The van der Waals surface area contributed by atoms with Crippen LogP contribution in [-0.4, -0.2) is 46.0 Å². The van der Waals surface area contributed by atoms with Crippen LogP contribution in [0.1, 0.15) is 64.7 Å². The quantitative estimate of drug-likeness (QED) is 0.688. The monoisotopic (exact) mass is 488 g/mol. The van der Waals surface area contributed by atoms with Crippen LogP contribution in [0.15, 0.2) is 23.1 Å². The number of nitrogens with zero attached hydrogens (tertiary/aromatic N) is 3. The number of piperidine rings is 1. The van der Waals surface area contributed by atoms with Crippen LogP contribution in [0.5, 0.6) is 0 Å². The largest absolute Gasteiger partial charge is 0.352 e. The molecule has 0 unspecified atom stereocenters. The molecule has 2 aromatic rings. The van der Waals surface area contributed by atoms with Crippen molar-refractivity contribution in [1.29, 1.82) is 0 Å². The van der Waals surface area contributed by atoms with Gasteiger partial charge in [0.25, 0.3) is 0 Å². The van der Waals surface area contributed by atoms with E-state index in [0.29, 0.717) is 24.0 Å². The molecular formula is C24H32N4O3S2. The van der Waals surface area contributed by atoms with Crippen molar-refractivity contribution in [3.8, 4) is 0 Å². The number of carbonyl (C=O) groups is 1. The van der Waals surface area contributed by atoms with Crippen molar-refractivity contribution < 1.29 is 13.2 Å². The fraction of sp³-hybridized carbons (Fsp3) is 0.708. The van der Waals surface area contributed by atoms with Crippen LogP contribution >= 0.6 is 11.7 Å². The molecule has 1 aliphatic heterocycles. The number of fused-ring (bicyclic) bond motifs is 1. The molecular weight excluding hydrogens is 456 g/mol. The normalized spacial score (nSPS) is 35.1. The minimum absolute atomic E-state index is 0.0797. The number of benzene rings is 1. The third kappa shape index (κ3) is 3.62. The molecule has 7 rings (SSSR count). The summed E-state index contributed by atoms with van der Waals surface area (Å²) in [6.45, 7) is 2.52. The van der Waals surface area contributed by atoms with Crippen molar-refractivity contribution in [3.63, 3.8) is 0 Å². The zero-order valence-electron chi connectivity index (χ0n) is 19.1. The maximum atomic E-state index is 13.7. The summed E-state index contributed by atoms with van der Waals surface area (Å²) in [5, 5.41) is 3.32. The number of hydrogen-bond donors (Lipinski definition) is 1. The van der Waals surface area contributed by atoms with Crippen molar-refractivity contribution in [2.75, 3.05) is 6.54 Å². The summed E-state index contributed by atoms with van der Waals surface area (Å²) >= 11 is 1.01. The first-order chi connectivity index (χ1) is 15.9. The van der Waals surface area contributed by atoms with Crippen LogP contribution in [0, 0.1) is 23.2 Å². The van der Waals surface area contributed by atoms with Crippen LogP contribution in [0.4, 0.5) is 0 Å². The highest BCUT2D eigenvalue weighted by atomic mass is 32.2. The molecule has 4 saturated carbocycles. The van der Waals surface area contributed by atoms with E-state index >= 15 is 0 Å². The van der Waals surface area contributed by atoms with Gasteiger partial charge in [0.15, 0.2) is 0 Å². The van der Waals surface area contributed by atoms with E-state index in [9.17, 15) is 13.2 Å². The molecule has 0 radical (unpaired) electrons. The number of nitrogens with one attached hydrogen (secondary N) is 1. The lowest BCUT2D eigenvalue weighted by Gasteiger charge is -2.59. The first kappa shape index (κ1) is 21.9. The maximum Gasteiger partial charge on any atom is 0.246 e. The van der Waals surface area contributed by atoms with Crippen LogP contribution in [0.2, 0.25) is 0 Å². The summed E-state index contributed by atoms with van der Waals surface area (Å²) in [6, 6.07) is 4.47. The smallest absolute Gasteiger partial charge is 0.246 e. The Kier molecular flexibility index (Phi) is 5.30. The van der Waals surface area contributed by atoms with Gasteiger partial charge < -0.3 is 5.32 Å². The van der Waals surface area contributed by atoms with Crippen LogP contribution in [0.3, 0.4) is 0 Å². The van der Waals surface area contributed by atoms with E-state index in [0.717, 1.165) is 42.3 Å². The molecule has 0 spiro atoms. The van der Waals surface area contributed by atoms with E-state index in [2.05, 4.69) is 21.0 Å². The average Bonchev–Trinajstić information content (AvgIpc) is 3.27. The van der Waals surface area contributed by atoms with E-state index in [4.69, 9.17) is 0 Å². The van der Waals surface area contributed by atoms with Gasteiger partial charge in [-0.05, 0) is 93.6 Å². The third-order valence-corrected chi connectivity index (χ3v) is 11.4. The van der Waals surface area contributed by atoms with Gasteiger partial charge in [0.1, 0.15) is 22.0 Å². The Bertz CT molecular complexity index is 1140. The van der Waals surface area contributed by atoms with Gasteiger partial charge in [-0.15, -0.1) is 0 Å². The Balaban J connectivity index is 1.25. The lowest BCUT2D eigenvalue weighted by molar-refractivity contribution is -0.130. The molecule has 1 N–H and O–H groups in total. The highest BCUT2D eigenvalue weighted by molar-refractivity contribution is 7.89. The highest BCUT2D eigenvalue weighted by Crippen LogP contribution is 2.61. The first-order valence-electron chi connectivity index (χ1n) is 12.4. The number of aromatic nitrogens is 2. The second-order valence-corrected chi connectivity index (χ2v) is 13.4. The molecule has 1 saturated heterocycles. The van der Waals surface area contributed by atoms with Gasteiger partial charge in [0, 0.05) is 12.6 Å². The minimum Gasteiger partial charge on any atom is -0.352 e. The van der Waals surface area contributed by atoms with Gasteiger partial charge in [-0.25, -0.2) is 8.42 Å². The predicted octanol–water partition coefficient (Wildman–Crippen LogP) is 3.96. The lowest BCUT2D eigenvalue weighted by atomic mass is 9.48. The molecule has 2 heterocycles. The van der Waals surface area contributed by atoms with Gasteiger partial charge in [-0.2, -0.15) is 13.1 Å². The van der Waals surface area contributed by atoms with Gasteiger partial charge in [0.05, 0.1) is 11.7 Å². The van der Waals surface area contributed by atoms with Crippen molar-refractivity contribution in [3.05, 3.63) is 18.2 Å². The molecule has 1 aromatic heterocycles. The molecule has 4 bridgehead atoms. The van der Waals surface area contributed by atoms with Crippen LogP contribution < -0.4 is 5.32 Å². The summed E-state index contributed by atoms with van der Waals surface area (Å²) in [5.41, 5.74) is 1.17. The van der Waals surface area contributed by atoms with Gasteiger partial charge in [-0.3, -0.25) is 4.79 Å². The third-order valence-electron chi connectivity index (χ3n) is 8.95. The fourth-order valence-corrected chi connectivity index (χ4v) is 10.2. The van der Waals surface area contributed by atoms with Gasteiger partial charge in [0.2, 0.25) is 15.9 Å². The standard InChI is InChI=1S/C24H32N4O3S2/c1-15(24-12-16-9-17(13-24)11-18(10-16)14-24)25-23(29)20-6-2-3-8-28(20)33(30,31)21-7-4-5-19-22(21)27-32-26-19/h4-5,7,15-18,20H,2-3,6,8-14H2,1H3,(H,25,29)/t15-,16?,17?,18?,20+,24?/m1/s1. The molecule has 2 atom stereocenters. The first-order valence-corrected chi connectivity index (χ1v) is 14.6. The van der Waals surface area contributed by atoms with Crippen molar-refractivity contribution in [1.82, 2.24) is 18.4 Å². The van der Waals surface area contributed by atoms with E-state index in [-0.39, 0.29) is 22.3 Å². The van der Waals surface area contributed by atoms with Crippen LogP contribution in [0.25, 0.3) is 11.0 Å². The number of rotatable bonds is 5. The Morgan fingerprint density at radius 1 is 1.12 bits per heavy atom. The summed E-state index contributed by atoms with van der Waals surface area (Å²) < 4.78 is 37.2.